The molecule has 2 atom stereocenters. The van der Waals surface area contributed by atoms with E-state index in [1.165, 1.54) is 11.8 Å². The molecule has 2 aliphatic heterocycles. The first-order valence-corrected chi connectivity index (χ1v) is 10.7. The molecule has 2 rings (SSSR count). The molecular weight excluding hydrogens is 332 g/mol. The van der Waals surface area contributed by atoms with E-state index < -0.39 is 37.7 Å². The third-order valence-corrected chi connectivity index (χ3v) is 7.48. The highest BCUT2D eigenvalue weighted by atomic mass is 32.2. The van der Waals surface area contributed by atoms with Gasteiger partial charge in [0.1, 0.15) is 0 Å². The summed E-state index contributed by atoms with van der Waals surface area (Å²) in [6, 6.07) is -0.917. The summed E-state index contributed by atoms with van der Waals surface area (Å²) in [6.07, 6.45) is 0.693. The van der Waals surface area contributed by atoms with Crippen LogP contribution in [-0.4, -0.2) is 75.2 Å². The summed E-state index contributed by atoms with van der Waals surface area (Å²) >= 11 is 0. The van der Waals surface area contributed by atoms with Crippen molar-refractivity contribution in [3.8, 4) is 0 Å². The summed E-state index contributed by atoms with van der Waals surface area (Å²) in [5.74, 6) is -0.967. The van der Waals surface area contributed by atoms with E-state index in [0.717, 1.165) is 0 Å². The van der Waals surface area contributed by atoms with Gasteiger partial charge in [0.15, 0.2) is 19.7 Å². The molecule has 2 amide bonds. The van der Waals surface area contributed by atoms with Gasteiger partial charge in [0.25, 0.3) is 0 Å². The van der Waals surface area contributed by atoms with E-state index >= 15 is 0 Å². The first-order valence-electron chi connectivity index (χ1n) is 7.05. The van der Waals surface area contributed by atoms with Crippen molar-refractivity contribution >= 4 is 31.5 Å². The summed E-state index contributed by atoms with van der Waals surface area (Å²) < 4.78 is 45.7. The summed E-state index contributed by atoms with van der Waals surface area (Å²) in [7, 11) is -6.24. The number of rotatable bonds is 4. The molecule has 0 aliphatic carbocycles. The van der Waals surface area contributed by atoms with E-state index in [4.69, 9.17) is 0 Å². The summed E-state index contributed by atoms with van der Waals surface area (Å²) in [5.41, 5.74) is 0. The maximum atomic E-state index is 12.0. The maximum Gasteiger partial charge on any atom is 0.239 e. The number of carbonyl (C=O) groups excluding carboxylic acids is 2. The van der Waals surface area contributed by atoms with Gasteiger partial charge in [-0.1, -0.05) is 0 Å². The molecule has 0 aromatic carbocycles. The number of carbonyl (C=O) groups is 2. The minimum absolute atomic E-state index is 0.0178. The van der Waals surface area contributed by atoms with Gasteiger partial charge in [-0.25, -0.2) is 16.8 Å². The van der Waals surface area contributed by atoms with Crippen LogP contribution in [0.15, 0.2) is 0 Å². The second-order valence-electron chi connectivity index (χ2n) is 5.87. The van der Waals surface area contributed by atoms with Crippen LogP contribution in [-0.2, 0) is 29.3 Å². The fourth-order valence-electron chi connectivity index (χ4n) is 2.86. The van der Waals surface area contributed by atoms with E-state index in [9.17, 15) is 26.4 Å². The second kappa shape index (κ2) is 6.15. The van der Waals surface area contributed by atoms with Crippen LogP contribution >= 0.6 is 0 Å². The van der Waals surface area contributed by atoms with Crippen LogP contribution in [0, 0.1) is 0 Å². The summed E-state index contributed by atoms with van der Waals surface area (Å²) in [5, 5.41) is 2.60. The number of hydrogen-bond acceptors (Lipinski definition) is 6. The second-order valence-corrected chi connectivity index (χ2v) is 10.3. The van der Waals surface area contributed by atoms with E-state index in [-0.39, 0.29) is 35.5 Å². The third kappa shape index (κ3) is 4.42. The topological polar surface area (TPSA) is 118 Å². The van der Waals surface area contributed by atoms with Gasteiger partial charge >= 0.3 is 0 Å². The van der Waals surface area contributed by atoms with Gasteiger partial charge in [-0.3, -0.25) is 9.59 Å². The van der Waals surface area contributed by atoms with Gasteiger partial charge in [-0.05, 0) is 12.8 Å². The standard InChI is InChI=1S/C12H20N2O6S2/c1-9(15)14(11-3-5-22(19,20)8-11)6-12(16)13-10-2-4-21(17,18)7-10/h10-11H,2-8H2,1H3,(H,13,16). The van der Waals surface area contributed by atoms with Gasteiger partial charge in [-0.2, -0.15) is 0 Å². The minimum Gasteiger partial charge on any atom is -0.351 e. The van der Waals surface area contributed by atoms with Gasteiger partial charge in [0, 0.05) is 19.0 Å². The first kappa shape index (κ1) is 17.2. The quantitative estimate of drug-likeness (QED) is 0.646. The van der Waals surface area contributed by atoms with E-state index in [1.54, 1.807) is 0 Å². The van der Waals surface area contributed by atoms with Crippen LogP contribution in [0.5, 0.6) is 0 Å². The van der Waals surface area contributed by atoms with Crippen molar-refractivity contribution in [2.24, 2.45) is 0 Å². The third-order valence-electron chi connectivity index (χ3n) is 3.97. The average molecular weight is 352 g/mol. The number of sulfone groups is 2. The molecule has 0 saturated carbocycles. The monoisotopic (exact) mass is 352 g/mol. The van der Waals surface area contributed by atoms with Crippen molar-refractivity contribution in [3.63, 3.8) is 0 Å². The molecule has 22 heavy (non-hydrogen) atoms. The SMILES string of the molecule is CC(=O)N(CC(=O)NC1CCS(=O)(=O)C1)C1CCS(=O)(=O)C1. The van der Waals surface area contributed by atoms with Crippen LogP contribution in [0.1, 0.15) is 19.8 Å². The van der Waals surface area contributed by atoms with Gasteiger partial charge < -0.3 is 10.2 Å². The lowest BCUT2D eigenvalue weighted by atomic mass is 10.2. The minimum atomic E-state index is -3.15. The molecule has 2 fully saturated rings. The predicted molar refractivity (Wildman–Crippen MR) is 79.6 cm³/mol. The van der Waals surface area contributed by atoms with Crippen LogP contribution in [0.25, 0.3) is 0 Å². The summed E-state index contributed by atoms with van der Waals surface area (Å²) in [4.78, 5) is 24.9. The molecule has 0 aromatic rings. The van der Waals surface area contributed by atoms with Crippen molar-refractivity contribution < 1.29 is 26.4 Å². The lowest BCUT2D eigenvalue weighted by Gasteiger charge is -2.26. The van der Waals surface area contributed by atoms with Crippen molar-refractivity contribution in [2.75, 3.05) is 29.6 Å². The van der Waals surface area contributed by atoms with Crippen molar-refractivity contribution in [1.82, 2.24) is 10.2 Å². The van der Waals surface area contributed by atoms with Crippen molar-refractivity contribution in [3.05, 3.63) is 0 Å². The molecule has 2 saturated heterocycles. The zero-order valence-electron chi connectivity index (χ0n) is 12.3. The van der Waals surface area contributed by atoms with Crippen LogP contribution < -0.4 is 5.32 Å². The Balaban J connectivity index is 1.94. The molecule has 2 aliphatic rings. The smallest absolute Gasteiger partial charge is 0.239 e. The highest BCUT2D eigenvalue weighted by Gasteiger charge is 2.35. The normalized spacial score (nSPS) is 29.1. The maximum absolute atomic E-state index is 12.0. The Kier molecular flexibility index (Phi) is 4.81. The molecule has 0 aromatic heterocycles. The average Bonchev–Trinajstić information content (AvgIpc) is 2.88. The van der Waals surface area contributed by atoms with Crippen LogP contribution in [0.2, 0.25) is 0 Å². The molecule has 0 bridgehead atoms. The zero-order chi connectivity index (χ0) is 16.5. The first-order chi connectivity index (χ1) is 10.1. The molecule has 10 heteroatoms. The lowest BCUT2D eigenvalue weighted by molar-refractivity contribution is -0.136. The fraction of sp³-hybridized carbons (Fsp3) is 0.833. The Bertz CT molecular complexity index is 670. The Morgan fingerprint density at radius 1 is 1.05 bits per heavy atom. The van der Waals surface area contributed by atoms with Gasteiger partial charge in [0.2, 0.25) is 11.8 Å². The number of nitrogens with zero attached hydrogens (tertiary/aromatic N) is 1. The number of hydrogen-bond donors (Lipinski definition) is 1. The predicted octanol–water partition coefficient (Wildman–Crippen LogP) is -1.67. The molecule has 126 valence electrons. The zero-order valence-corrected chi connectivity index (χ0v) is 14.0. The molecule has 2 heterocycles. The van der Waals surface area contributed by atoms with Crippen molar-refractivity contribution in [1.29, 1.82) is 0 Å². The molecule has 0 spiro atoms. The molecule has 1 N–H and O–H groups in total. The molecule has 0 radical (unpaired) electrons. The fourth-order valence-corrected chi connectivity index (χ4v) is 6.26. The largest absolute Gasteiger partial charge is 0.351 e. The van der Waals surface area contributed by atoms with Gasteiger partial charge in [-0.15, -0.1) is 0 Å². The molecule has 2 unspecified atom stereocenters. The number of amides is 2. The molecule has 8 nitrogen and oxygen atoms in total. The van der Waals surface area contributed by atoms with Crippen LogP contribution in [0.4, 0.5) is 0 Å². The van der Waals surface area contributed by atoms with Crippen LogP contribution in [0.3, 0.4) is 0 Å². The lowest BCUT2D eigenvalue weighted by Crippen LogP contribution is -2.48. The Morgan fingerprint density at radius 3 is 2.09 bits per heavy atom. The highest BCUT2D eigenvalue weighted by Crippen LogP contribution is 2.18. The summed E-state index contributed by atoms with van der Waals surface area (Å²) in [6.45, 7) is 1.05. The van der Waals surface area contributed by atoms with E-state index in [1.807, 2.05) is 0 Å². The Labute approximate surface area is 130 Å². The number of nitrogens with one attached hydrogen (secondary N) is 1. The van der Waals surface area contributed by atoms with E-state index in [0.29, 0.717) is 12.8 Å². The van der Waals surface area contributed by atoms with E-state index in [2.05, 4.69) is 5.32 Å². The Morgan fingerprint density at radius 2 is 1.64 bits per heavy atom. The van der Waals surface area contributed by atoms with Gasteiger partial charge in [0.05, 0.1) is 29.6 Å². The molecular formula is C12H20N2O6S2. The van der Waals surface area contributed by atoms with Crippen molar-refractivity contribution in [2.45, 2.75) is 31.8 Å². The Hall–Kier alpha value is -1.16. The highest BCUT2D eigenvalue weighted by molar-refractivity contribution is 7.91.